The summed E-state index contributed by atoms with van der Waals surface area (Å²) < 4.78 is 0. The molecule has 2 N–H and O–H groups in total. The fourth-order valence-corrected chi connectivity index (χ4v) is 1.42. The Morgan fingerprint density at radius 1 is 0.722 bits per heavy atom. The van der Waals surface area contributed by atoms with E-state index in [4.69, 9.17) is 0 Å². The molecule has 3 aromatic rings. The molecule has 3 nitrogen and oxygen atoms in total. The summed E-state index contributed by atoms with van der Waals surface area (Å²) in [6.45, 7) is 0. The molecule has 0 bridgehead atoms. The second kappa shape index (κ2) is 6.91. The van der Waals surface area contributed by atoms with Gasteiger partial charge in [0.1, 0.15) is 0 Å². The van der Waals surface area contributed by atoms with Crippen LogP contribution in [0.4, 0.5) is 11.4 Å². The average Bonchev–Trinajstić information content (AvgIpc) is 3.00. The number of benzene rings is 2. The summed E-state index contributed by atoms with van der Waals surface area (Å²) in [7, 11) is 0. The van der Waals surface area contributed by atoms with E-state index in [1.54, 1.807) is 12.4 Å². The summed E-state index contributed by atoms with van der Waals surface area (Å²) in [5.41, 5.74) is 2.24. The van der Waals surface area contributed by atoms with Gasteiger partial charge in [0.25, 0.3) is 0 Å². The topological polar surface area (TPSA) is 40.7 Å². The van der Waals surface area contributed by atoms with E-state index in [-0.39, 0.29) is 0 Å². The number of hydrogen-bond donors (Lipinski definition) is 2. The third-order valence-electron chi connectivity index (χ3n) is 2.24. The third-order valence-corrected chi connectivity index (χ3v) is 2.24. The molecule has 0 saturated carbocycles. The fourth-order valence-electron chi connectivity index (χ4n) is 1.42. The number of hydrogen-bond acceptors (Lipinski definition) is 2. The van der Waals surface area contributed by atoms with Gasteiger partial charge in [-0.15, -0.1) is 0 Å². The van der Waals surface area contributed by atoms with Crippen LogP contribution in [0.2, 0.25) is 0 Å². The second-order valence-electron chi connectivity index (χ2n) is 3.62. The van der Waals surface area contributed by atoms with Crippen molar-refractivity contribution in [1.82, 2.24) is 10.2 Å². The molecule has 3 heteroatoms. The molecule has 0 aliphatic heterocycles. The number of para-hydroxylation sites is 2. The molecule has 0 aliphatic carbocycles. The van der Waals surface area contributed by atoms with Gasteiger partial charge >= 0.3 is 0 Å². The van der Waals surface area contributed by atoms with Crippen molar-refractivity contribution in [3.63, 3.8) is 0 Å². The van der Waals surface area contributed by atoms with Crippen LogP contribution in [0.5, 0.6) is 0 Å². The molecule has 0 spiro atoms. The largest absolute Gasteiger partial charge is 0.356 e. The van der Waals surface area contributed by atoms with Crippen molar-refractivity contribution in [2.75, 3.05) is 5.32 Å². The van der Waals surface area contributed by atoms with Crippen molar-refractivity contribution in [2.45, 2.75) is 0 Å². The van der Waals surface area contributed by atoms with E-state index in [0.29, 0.717) is 0 Å². The Morgan fingerprint density at radius 3 is 1.61 bits per heavy atom. The third kappa shape index (κ3) is 4.14. The molecule has 0 amide bonds. The monoisotopic (exact) mass is 237 g/mol. The van der Waals surface area contributed by atoms with Gasteiger partial charge in [0.2, 0.25) is 0 Å². The lowest BCUT2D eigenvalue weighted by molar-refractivity contribution is 1.09. The fraction of sp³-hybridized carbons (Fsp3) is 0. The maximum Gasteiger partial charge on any atom is 0.0487 e. The van der Waals surface area contributed by atoms with Gasteiger partial charge in [0.15, 0.2) is 0 Å². The number of nitrogens with zero attached hydrogens (tertiary/aromatic N) is 1. The number of aromatic nitrogens is 2. The average molecular weight is 237 g/mol. The van der Waals surface area contributed by atoms with Gasteiger partial charge in [0, 0.05) is 23.8 Å². The quantitative estimate of drug-likeness (QED) is 0.711. The van der Waals surface area contributed by atoms with Crippen LogP contribution in [0.3, 0.4) is 0 Å². The van der Waals surface area contributed by atoms with Gasteiger partial charge in [-0.1, -0.05) is 36.4 Å². The van der Waals surface area contributed by atoms with Crippen LogP contribution in [0.15, 0.2) is 79.1 Å². The van der Waals surface area contributed by atoms with Crippen LogP contribution in [-0.2, 0) is 0 Å². The normalized spacial score (nSPS) is 9.11. The Bertz CT molecular complexity index is 463. The second-order valence-corrected chi connectivity index (χ2v) is 3.62. The molecule has 1 aromatic heterocycles. The molecule has 0 fully saturated rings. The van der Waals surface area contributed by atoms with E-state index < -0.39 is 0 Å². The van der Waals surface area contributed by atoms with E-state index in [9.17, 15) is 0 Å². The molecular formula is C15H15N3. The lowest BCUT2D eigenvalue weighted by atomic mass is 10.3. The van der Waals surface area contributed by atoms with E-state index in [2.05, 4.69) is 15.5 Å². The summed E-state index contributed by atoms with van der Waals surface area (Å²) in [5.74, 6) is 0. The molecule has 90 valence electrons. The Hall–Kier alpha value is -2.55. The highest BCUT2D eigenvalue weighted by Gasteiger charge is 1.89. The van der Waals surface area contributed by atoms with Crippen molar-refractivity contribution >= 4 is 11.4 Å². The minimum absolute atomic E-state index is 1.12. The molecule has 0 unspecified atom stereocenters. The number of aromatic amines is 1. The first-order valence-corrected chi connectivity index (χ1v) is 5.76. The van der Waals surface area contributed by atoms with Crippen LogP contribution in [0.1, 0.15) is 0 Å². The summed E-state index contributed by atoms with van der Waals surface area (Å²) >= 11 is 0. The van der Waals surface area contributed by atoms with Crippen molar-refractivity contribution in [2.24, 2.45) is 0 Å². The highest BCUT2D eigenvalue weighted by molar-refractivity contribution is 5.58. The van der Waals surface area contributed by atoms with Crippen LogP contribution in [-0.4, -0.2) is 10.2 Å². The lowest BCUT2D eigenvalue weighted by Gasteiger charge is -2.04. The predicted molar refractivity (Wildman–Crippen MR) is 74.8 cm³/mol. The smallest absolute Gasteiger partial charge is 0.0487 e. The van der Waals surface area contributed by atoms with Gasteiger partial charge in [-0.2, -0.15) is 5.10 Å². The Labute approximate surface area is 106 Å². The first kappa shape index (κ1) is 11.9. The predicted octanol–water partition coefficient (Wildman–Crippen LogP) is 3.84. The van der Waals surface area contributed by atoms with Crippen molar-refractivity contribution < 1.29 is 0 Å². The molecule has 0 radical (unpaired) electrons. The Balaban J connectivity index is 0.000000202. The van der Waals surface area contributed by atoms with Crippen LogP contribution >= 0.6 is 0 Å². The zero-order valence-electron chi connectivity index (χ0n) is 9.95. The van der Waals surface area contributed by atoms with Crippen molar-refractivity contribution in [1.29, 1.82) is 0 Å². The Morgan fingerprint density at radius 2 is 1.28 bits per heavy atom. The maximum atomic E-state index is 3.60. The summed E-state index contributed by atoms with van der Waals surface area (Å²) in [6.07, 6.45) is 3.46. The molecular weight excluding hydrogens is 222 g/mol. The highest BCUT2D eigenvalue weighted by Crippen LogP contribution is 2.14. The molecule has 0 atom stereocenters. The minimum Gasteiger partial charge on any atom is -0.356 e. The standard InChI is InChI=1S/C12H11N.C3H4N2/c1-3-7-11(8-4-1)13-12-9-5-2-6-10-12;1-2-4-5-3-1/h1-10,13H;1-3H,(H,4,5). The summed E-state index contributed by atoms with van der Waals surface area (Å²) in [5, 5.41) is 9.51. The van der Waals surface area contributed by atoms with E-state index in [0.717, 1.165) is 11.4 Å². The molecule has 3 rings (SSSR count). The van der Waals surface area contributed by atoms with Gasteiger partial charge in [-0.25, -0.2) is 0 Å². The summed E-state index contributed by atoms with van der Waals surface area (Å²) in [6, 6.07) is 22.1. The van der Waals surface area contributed by atoms with Crippen molar-refractivity contribution in [3.05, 3.63) is 79.1 Å². The molecule has 1 heterocycles. The van der Waals surface area contributed by atoms with E-state index in [1.165, 1.54) is 0 Å². The zero-order chi connectivity index (χ0) is 12.5. The van der Waals surface area contributed by atoms with Gasteiger partial charge in [-0.05, 0) is 30.3 Å². The number of nitrogens with one attached hydrogen (secondary N) is 2. The number of anilines is 2. The SMILES string of the molecule is c1ccc(Nc2ccccc2)cc1.c1cn[nH]c1. The summed E-state index contributed by atoms with van der Waals surface area (Å²) in [4.78, 5) is 0. The van der Waals surface area contributed by atoms with Crippen LogP contribution < -0.4 is 5.32 Å². The lowest BCUT2D eigenvalue weighted by Crippen LogP contribution is -1.87. The van der Waals surface area contributed by atoms with E-state index in [1.807, 2.05) is 66.7 Å². The van der Waals surface area contributed by atoms with E-state index >= 15 is 0 Å². The molecule has 0 aliphatic rings. The van der Waals surface area contributed by atoms with Gasteiger partial charge in [-0.3, -0.25) is 5.10 Å². The minimum atomic E-state index is 1.12. The van der Waals surface area contributed by atoms with Gasteiger partial charge in [0.05, 0.1) is 0 Å². The number of H-pyrrole nitrogens is 1. The molecule has 0 saturated heterocycles. The van der Waals surface area contributed by atoms with Crippen molar-refractivity contribution in [3.8, 4) is 0 Å². The zero-order valence-corrected chi connectivity index (χ0v) is 9.95. The molecule has 18 heavy (non-hydrogen) atoms. The highest BCUT2D eigenvalue weighted by atomic mass is 15.1. The van der Waals surface area contributed by atoms with Gasteiger partial charge < -0.3 is 5.32 Å². The first-order valence-electron chi connectivity index (χ1n) is 5.76. The van der Waals surface area contributed by atoms with Crippen LogP contribution in [0, 0.1) is 0 Å². The molecule has 2 aromatic carbocycles. The van der Waals surface area contributed by atoms with Crippen LogP contribution in [0.25, 0.3) is 0 Å². The first-order chi connectivity index (χ1) is 8.95. The maximum absolute atomic E-state index is 3.60. The Kier molecular flexibility index (Phi) is 4.58. The number of rotatable bonds is 2.